The van der Waals surface area contributed by atoms with Crippen LogP contribution in [0, 0.1) is 11.3 Å². The normalized spacial score (nSPS) is 23.2. The Kier molecular flexibility index (Phi) is 2.83. The predicted octanol–water partition coefficient (Wildman–Crippen LogP) is 3.40. The molecule has 2 nitrogen and oxygen atoms in total. The molecule has 1 aliphatic carbocycles. The Morgan fingerprint density at radius 1 is 1.17 bits per heavy atom. The highest BCUT2D eigenvalue weighted by Gasteiger charge is 2.36. The smallest absolute Gasteiger partial charge is 0.0933 e. The number of allylic oxidation sites excluding steroid dienone is 1. The van der Waals surface area contributed by atoms with Gasteiger partial charge in [0, 0.05) is 17.2 Å². The molecular weight excluding hydrogens is 220 g/mol. The van der Waals surface area contributed by atoms with E-state index in [1.54, 1.807) is 6.08 Å². The van der Waals surface area contributed by atoms with Gasteiger partial charge in [0.15, 0.2) is 0 Å². The first-order valence-corrected chi connectivity index (χ1v) is 6.79. The quantitative estimate of drug-likeness (QED) is 0.703. The third kappa shape index (κ3) is 1.90. The maximum absolute atomic E-state index is 8.96. The van der Waals surface area contributed by atoms with Gasteiger partial charge in [-0.15, -0.1) is 0 Å². The molecule has 0 atom stereocenters. The van der Waals surface area contributed by atoms with Crippen molar-refractivity contribution in [2.45, 2.75) is 44.1 Å². The first kappa shape index (κ1) is 11.3. The first-order valence-electron chi connectivity index (χ1n) is 6.79. The van der Waals surface area contributed by atoms with Gasteiger partial charge in [-0.05, 0) is 24.8 Å². The Hall–Kier alpha value is -1.75. The van der Waals surface area contributed by atoms with Crippen LogP contribution in [0.2, 0.25) is 0 Å². The molecule has 0 aromatic heterocycles. The molecular formula is C16H18N2. The van der Waals surface area contributed by atoms with E-state index < -0.39 is 0 Å². The molecule has 0 bridgehead atoms. The summed E-state index contributed by atoms with van der Waals surface area (Å²) < 4.78 is 0. The molecule has 0 radical (unpaired) electrons. The van der Waals surface area contributed by atoms with Gasteiger partial charge in [0.1, 0.15) is 0 Å². The van der Waals surface area contributed by atoms with Crippen molar-refractivity contribution in [3.8, 4) is 6.07 Å². The van der Waals surface area contributed by atoms with E-state index in [1.165, 1.54) is 43.2 Å². The Morgan fingerprint density at radius 3 is 2.72 bits per heavy atom. The highest BCUT2D eigenvalue weighted by atomic mass is 15.0. The van der Waals surface area contributed by atoms with E-state index in [2.05, 4.69) is 29.6 Å². The average Bonchev–Trinajstić information content (AvgIpc) is 2.40. The topological polar surface area (TPSA) is 35.8 Å². The van der Waals surface area contributed by atoms with Gasteiger partial charge in [-0.25, -0.2) is 0 Å². The van der Waals surface area contributed by atoms with Crippen molar-refractivity contribution in [1.82, 2.24) is 5.32 Å². The van der Waals surface area contributed by atoms with Crippen LogP contribution in [-0.2, 0) is 6.42 Å². The molecule has 1 aromatic carbocycles. The fourth-order valence-corrected chi connectivity index (χ4v) is 3.41. The summed E-state index contributed by atoms with van der Waals surface area (Å²) in [6.45, 7) is 0. The van der Waals surface area contributed by atoms with Crippen LogP contribution < -0.4 is 5.32 Å². The Morgan fingerprint density at radius 2 is 1.94 bits per heavy atom. The van der Waals surface area contributed by atoms with Crippen LogP contribution in [0.4, 0.5) is 0 Å². The molecule has 92 valence electrons. The zero-order chi connectivity index (χ0) is 12.4. The van der Waals surface area contributed by atoms with Gasteiger partial charge in [0.25, 0.3) is 0 Å². The lowest BCUT2D eigenvalue weighted by atomic mass is 9.74. The number of hydrogen-bond acceptors (Lipinski definition) is 2. The number of nitriles is 1. The van der Waals surface area contributed by atoms with E-state index in [4.69, 9.17) is 5.26 Å². The van der Waals surface area contributed by atoms with E-state index in [0.717, 1.165) is 12.1 Å². The van der Waals surface area contributed by atoms with Crippen LogP contribution in [0.15, 0.2) is 30.3 Å². The Bertz CT molecular complexity index is 516. The fraction of sp³-hybridized carbons (Fsp3) is 0.438. The largest absolute Gasteiger partial charge is 0.378 e. The minimum absolute atomic E-state index is 0.204. The van der Waals surface area contributed by atoms with Crippen molar-refractivity contribution >= 4 is 5.70 Å². The standard InChI is InChI=1S/C16H18N2/c17-11-8-15-14-7-3-2-6-13(14)12-16(18-15)9-4-1-5-10-16/h2-3,6-8,18H,1,4-5,9-10,12H2/b15-8-. The number of benzene rings is 1. The van der Waals surface area contributed by atoms with Crippen LogP contribution in [0.3, 0.4) is 0 Å². The highest BCUT2D eigenvalue weighted by Crippen LogP contribution is 2.38. The van der Waals surface area contributed by atoms with E-state index >= 15 is 0 Å². The Labute approximate surface area is 108 Å². The summed E-state index contributed by atoms with van der Waals surface area (Å²) in [7, 11) is 0. The Balaban J connectivity index is 2.02. The predicted molar refractivity (Wildman–Crippen MR) is 72.7 cm³/mol. The molecule has 2 heteroatoms. The second-order valence-electron chi connectivity index (χ2n) is 5.49. The van der Waals surface area contributed by atoms with Crippen LogP contribution >= 0.6 is 0 Å². The minimum atomic E-state index is 0.204. The van der Waals surface area contributed by atoms with Gasteiger partial charge in [-0.3, -0.25) is 0 Å². The molecule has 1 aliphatic heterocycles. The fourth-order valence-electron chi connectivity index (χ4n) is 3.41. The summed E-state index contributed by atoms with van der Waals surface area (Å²) in [4.78, 5) is 0. The molecule has 1 N–H and O–H groups in total. The van der Waals surface area contributed by atoms with Gasteiger partial charge in [-0.2, -0.15) is 5.26 Å². The first-order chi connectivity index (χ1) is 8.83. The molecule has 1 heterocycles. The molecule has 3 rings (SSSR count). The summed E-state index contributed by atoms with van der Waals surface area (Å²) in [5.41, 5.74) is 3.81. The summed E-state index contributed by atoms with van der Waals surface area (Å²) in [5.74, 6) is 0. The van der Waals surface area contributed by atoms with Crippen LogP contribution in [0.1, 0.15) is 43.2 Å². The minimum Gasteiger partial charge on any atom is -0.378 e. The number of nitrogens with zero attached hydrogens (tertiary/aromatic N) is 1. The van der Waals surface area contributed by atoms with Crippen molar-refractivity contribution in [2.24, 2.45) is 0 Å². The lowest BCUT2D eigenvalue weighted by molar-refractivity contribution is 0.253. The number of nitrogens with one attached hydrogen (secondary N) is 1. The third-order valence-electron chi connectivity index (χ3n) is 4.26. The van der Waals surface area contributed by atoms with E-state index in [9.17, 15) is 0 Å². The zero-order valence-corrected chi connectivity index (χ0v) is 10.6. The van der Waals surface area contributed by atoms with Crippen LogP contribution in [-0.4, -0.2) is 5.54 Å². The summed E-state index contributed by atoms with van der Waals surface area (Å²) in [5, 5.41) is 12.6. The number of rotatable bonds is 0. The van der Waals surface area contributed by atoms with Crippen LogP contribution in [0.5, 0.6) is 0 Å². The molecule has 1 aromatic rings. The van der Waals surface area contributed by atoms with Gasteiger partial charge < -0.3 is 5.32 Å². The summed E-state index contributed by atoms with van der Waals surface area (Å²) >= 11 is 0. The van der Waals surface area contributed by atoms with Gasteiger partial charge >= 0.3 is 0 Å². The third-order valence-corrected chi connectivity index (χ3v) is 4.26. The van der Waals surface area contributed by atoms with Gasteiger partial charge in [0.05, 0.1) is 11.8 Å². The number of fused-ring (bicyclic) bond motifs is 1. The van der Waals surface area contributed by atoms with E-state index in [-0.39, 0.29) is 5.54 Å². The van der Waals surface area contributed by atoms with Gasteiger partial charge in [0.2, 0.25) is 0 Å². The molecule has 0 saturated heterocycles. The maximum atomic E-state index is 8.96. The van der Waals surface area contributed by atoms with Gasteiger partial charge in [-0.1, -0.05) is 43.5 Å². The van der Waals surface area contributed by atoms with Crippen molar-refractivity contribution in [2.75, 3.05) is 0 Å². The van der Waals surface area contributed by atoms with Crippen molar-refractivity contribution in [1.29, 1.82) is 5.26 Å². The highest BCUT2D eigenvalue weighted by molar-refractivity contribution is 5.71. The molecule has 0 amide bonds. The maximum Gasteiger partial charge on any atom is 0.0933 e. The van der Waals surface area contributed by atoms with E-state index in [0.29, 0.717) is 0 Å². The summed E-state index contributed by atoms with van der Waals surface area (Å²) in [6.07, 6.45) is 9.17. The second kappa shape index (κ2) is 4.49. The lowest BCUT2D eigenvalue weighted by Crippen LogP contribution is -2.50. The van der Waals surface area contributed by atoms with Crippen molar-refractivity contribution in [3.63, 3.8) is 0 Å². The van der Waals surface area contributed by atoms with Crippen molar-refractivity contribution < 1.29 is 0 Å². The molecule has 2 aliphatic rings. The second-order valence-corrected chi connectivity index (χ2v) is 5.49. The van der Waals surface area contributed by atoms with Crippen molar-refractivity contribution in [3.05, 3.63) is 41.5 Å². The van der Waals surface area contributed by atoms with Crippen LogP contribution in [0.25, 0.3) is 5.70 Å². The molecule has 1 fully saturated rings. The molecule has 18 heavy (non-hydrogen) atoms. The lowest BCUT2D eigenvalue weighted by Gasteiger charge is -2.43. The molecule has 0 unspecified atom stereocenters. The SMILES string of the molecule is N#C/C=C1\NC2(CCCCC2)Cc2ccccc21. The average molecular weight is 238 g/mol. The monoisotopic (exact) mass is 238 g/mol. The van der Waals surface area contributed by atoms with E-state index in [1.807, 2.05) is 6.07 Å². The zero-order valence-electron chi connectivity index (χ0n) is 10.6. The molecule has 1 spiro atoms. The number of hydrogen-bond donors (Lipinski definition) is 1. The summed E-state index contributed by atoms with van der Waals surface area (Å²) in [6, 6.07) is 10.6. The molecule has 1 saturated carbocycles.